The minimum absolute atomic E-state index is 0.264. The van der Waals surface area contributed by atoms with Gasteiger partial charge < -0.3 is 15.2 Å². The van der Waals surface area contributed by atoms with E-state index in [1.54, 1.807) is 12.1 Å². The summed E-state index contributed by atoms with van der Waals surface area (Å²) >= 11 is 0. The van der Waals surface area contributed by atoms with E-state index in [0.29, 0.717) is 0 Å². The molecule has 0 unspecified atom stereocenters. The van der Waals surface area contributed by atoms with Crippen LogP contribution >= 0.6 is 0 Å². The molecule has 1 atom stereocenters. The molecular weight excluding hydrogens is 315 g/mol. The van der Waals surface area contributed by atoms with Crippen LogP contribution in [0.3, 0.4) is 0 Å². The highest BCUT2D eigenvalue weighted by atomic mass is 19.4. The van der Waals surface area contributed by atoms with Crippen molar-refractivity contribution in [1.29, 1.82) is 0 Å². The first-order chi connectivity index (χ1) is 10.6. The molecule has 1 rings (SSSR count). The minimum atomic E-state index is -5.33. The van der Waals surface area contributed by atoms with Gasteiger partial charge in [0.15, 0.2) is 0 Å². The van der Waals surface area contributed by atoms with E-state index in [0.717, 1.165) is 12.0 Å². The molecule has 0 aromatic heterocycles. The number of carbonyl (C=O) groups is 2. The van der Waals surface area contributed by atoms with Crippen LogP contribution in [0.5, 0.6) is 0 Å². The summed E-state index contributed by atoms with van der Waals surface area (Å²) in [7, 11) is 0. The molecule has 0 spiro atoms. The SMILES string of the molecule is CCOC(=O)[C@](O)(CC(=O)Nc1ccc(CC)cc1)C(F)(F)F. The third kappa shape index (κ3) is 4.69. The quantitative estimate of drug-likeness (QED) is 0.784. The number of rotatable bonds is 6. The molecule has 1 amide bonds. The van der Waals surface area contributed by atoms with Crippen molar-refractivity contribution >= 4 is 17.6 Å². The number of halogens is 3. The summed E-state index contributed by atoms with van der Waals surface area (Å²) in [6.45, 7) is 2.87. The minimum Gasteiger partial charge on any atom is -0.464 e. The van der Waals surface area contributed by atoms with Crippen LogP contribution in [0.2, 0.25) is 0 Å². The highest BCUT2D eigenvalue weighted by molar-refractivity contribution is 5.96. The average Bonchev–Trinajstić information content (AvgIpc) is 2.46. The molecule has 0 fully saturated rings. The summed E-state index contributed by atoms with van der Waals surface area (Å²) in [4.78, 5) is 23.2. The van der Waals surface area contributed by atoms with E-state index in [-0.39, 0.29) is 12.3 Å². The summed E-state index contributed by atoms with van der Waals surface area (Å²) in [6.07, 6.45) is -6.04. The lowest BCUT2D eigenvalue weighted by atomic mass is 9.98. The number of hydrogen-bond donors (Lipinski definition) is 2. The van der Waals surface area contributed by atoms with Crippen LogP contribution in [0.1, 0.15) is 25.8 Å². The van der Waals surface area contributed by atoms with Crippen LogP contribution in [0.4, 0.5) is 18.9 Å². The molecule has 0 aliphatic rings. The lowest BCUT2D eigenvalue weighted by Crippen LogP contribution is -2.54. The van der Waals surface area contributed by atoms with Gasteiger partial charge in [-0.2, -0.15) is 13.2 Å². The zero-order valence-electron chi connectivity index (χ0n) is 12.7. The first-order valence-corrected chi connectivity index (χ1v) is 6.99. The van der Waals surface area contributed by atoms with Gasteiger partial charge in [0.05, 0.1) is 13.0 Å². The number of ether oxygens (including phenoxy) is 1. The predicted molar refractivity (Wildman–Crippen MR) is 76.7 cm³/mol. The largest absolute Gasteiger partial charge is 0.464 e. The van der Waals surface area contributed by atoms with Crippen LogP contribution in [-0.4, -0.2) is 35.4 Å². The Bertz CT molecular complexity index is 557. The Morgan fingerprint density at radius 1 is 1.17 bits per heavy atom. The first kappa shape index (κ1) is 19.0. The Labute approximate surface area is 131 Å². The number of aliphatic hydroxyl groups is 1. The van der Waals surface area contributed by atoms with Gasteiger partial charge in [-0.1, -0.05) is 19.1 Å². The molecule has 0 bridgehead atoms. The van der Waals surface area contributed by atoms with E-state index in [1.165, 1.54) is 19.1 Å². The van der Waals surface area contributed by atoms with Gasteiger partial charge in [-0.25, -0.2) is 4.79 Å². The Balaban J connectivity index is 2.86. The third-order valence-corrected chi connectivity index (χ3v) is 3.14. The van der Waals surface area contributed by atoms with Crippen molar-refractivity contribution < 1.29 is 32.6 Å². The molecule has 1 aromatic carbocycles. The van der Waals surface area contributed by atoms with Crippen LogP contribution in [0, 0.1) is 0 Å². The Hall–Kier alpha value is -2.09. The monoisotopic (exact) mass is 333 g/mol. The fraction of sp³-hybridized carbons (Fsp3) is 0.467. The lowest BCUT2D eigenvalue weighted by Gasteiger charge is -2.27. The van der Waals surface area contributed by atoms with E-state index >= 15 is 0 Å². The average molecular weight is 333 g/mol. The molecule has 0 heterocycles. The maximum Gasteiger partial charge on any atom is 0.428 e. The normalized spacial score (nSPS) is 14.0. The van der Waals surface area contributed by atoms with Gasteiger partial charge >= 0.3 is 12.1 Å². The molecular formula is C15H18F3NO4. The van der Waals surface area contributed by atoms with Gasteiger partial charge in [-0.3, -0.25) is 4.79 Å². The molecule has 128 valence electrons. The maximum absolute atomic E-state index is 12.9. The van der Waals surface area contributed by atoms with Crippen LogP contribution < -0.4 is 5.32 Å². The molecule has 2 N–H and O–H groups in total. The molecule has 0 aliphatic carbocycles. The topological polar surface area (TPSA) is 75.6 Å². The summed E-state index contributed by atoms with van der Waals surface area (Å²) in [5.74, 6) is -3.05. The Kier molecular flexibility index (Phi) is 6.14. The number of amides is 1. The number of nitrogens with one attached hydrogen (secondary N) is 1. The van der Waals surface area contributed by atoms with Gasteiger partial charge in [-0.05, 0) is 31.0 Å². The highest BCUT2D eigenvalue weighted by Crippen LogP contribution is 2.34. The molecule has 0 aliphatic heterocycles. The number of esters is 1. The van der Waals surface area contributed by atoms with Crippen LogP contribution in [0.25, 0.3) is 0 Å². The lowest BCUT2D eigenvalue weighted by molar-refractivity contribution is -0.262. The number of anilines is 1. The van der Waals surface area contributed by atoms with Crippen molar-refractivity contribution in [3.05, 3.63) is 29.8 Å². The van der Waals surface area contributed by atoms with Gasteiger partial charge in [0.1, 0.15) is 0 Å². The molecule has 8 heteroatoms. The molecule has 0 saturated carbocycles. The number of benzene rings is 1. The van der Waals surface area contributed by atoms with E-state index in [1.807, 2.05) is 6.92 Å². The van der Waals surface area contributed by atoms with Crippen molar-refractivity contribution in [2.45, 2.75) is 38.5 Å². The number of aryl methyl sites for hydroxylation is 1. The fourth-order valence-corrected chi connectivity index (χ4v) is 1.80. The smallest absolute Gasteiger partial charge is 0.428 e. The van der Waals surface area contributed by atoms with Gasteiger partial charge in [0.2, 0.25) is 5.91 Å². The van der Waals surface area contributed by atoms with E-state index in [2.05, 4.69) is 10.1 Å². The van der Waals surface area contributed by atoms with Gasteiger partial charge in [0, 0.05) is 5.69 Å². The van der Waals surface area contributed by atoms with E-state index in [9.17, 15) is 27.9 Å². The molecule has 0 saturated heterocycles. The summed E-state index contributed by atoms with van der Waals surface area (Å²) in [5.41, 5.74) is -2.63. The maximum atomic E-state index is 12.9. The highest BCUT2D eigenvalue weighted by Gasteiger charge is 2.61. The zero-order chi connectivity index (χ0) is 17.7. The van der Waals surface area contributed by atoms with Gasteiger partial charge in [-0.15, -0.1) is 0 Å². The van der Waals surface area contributed by atoms with Gasteiger partial charge in [0.25, 0.3) is 5.60 Å². The molecule has 1 aromatic rings. The summed E-state index contributed by atoms with van der Waals surface area (Å²) < 4.78 is 43.1. The summed E-state index contributed by atoms with van der Waals surface area (Å²) in [6, 6.07) is 6.45. The predicted octanol–water partition coefficient (Wildman–Crippen LogP) is 2.43. The van der Waals surface area contributed by atoms with Crippen LogP contribution in [0.15, 0.2) is 24.3 Å². The Morgan fingerprint density at radius 2 is 1.74 bits per heavy atom. The van der Waals surface area contributed by atoms with Crippen molar-refractivity contribution in [3.8, 4) is 0 Å². The van der Waals surface area contributed by atoms with Crippen LogP contribution in [-0.2, 0) is 20.7 Å². The second kappa shape index (κ2) is 7.45. The second-order valence-corrected chi connectivity index (χ2v) is 4.85. The second-order valence-electron chi connectivity index (χ2n) is 4.85. The third-order valence-electron chi connectivity index (χ3n) is 3.14. The number of alkyl halides is 3. The van der Waals surface area contributed by atoms with Crippen molar-refractivity contribution in [2.75, 3.05) is 11.9 Å². The number of carbonyl (C=O) groups excluding carboxylic acids is 2. The summed E-state index contributed by atoms with van der Waals surface area (Å²) in [5, 5.41) is 11.8. The standard InChI is InChI=1S/C15H18F3NO4/c1-3-10-5-7-11(8-6-10)19-12(20)9-14(22,15(16,17)18)13(21)23-4-2/h5-8,22H,3-4,9H2,1-2H3,(H,19,20)/t14-/m1/s1. The Morgan fingerprint density at radius 3 is 2.17 bits per heavy atom. The van der Waals surface area contributed by atoms with Crippen molar-refractivity contribution in [1.82, 2.24) is 0 Å². The fourth-order valence-electron chi connectivity index (χ4n) is 1.80. The molecule has 5 nitrogen and oxygen atoms in total. The van der Waals surface area contributed by atoms with Crippen molar-refractivity contribution in [3.63, 3.8) is 0 Å². The van der Waals surface area contributed by atoms with E-state index in [4.69, 9.17) is 0 Å². The van der Waals surface area contributed by atoms with Crippen molar-refractivity contribution in [2.24, 2.45) is 0 Å². The zero-order valence-corrected chi connectivity index (χ0v) is 12.7. The number of hydrogen-bond acceptors (Lipinski definition) is 4. The first-order valence-electron chi connectivity index (χ1n) is 6.99. The molecule has 0 radical (unpaired) electrons. The van der Waals surface area contributed by atoms with E-state index < -0.39 is 30.1 Å². The molecule has 23 heavy (non-hydrogen) atoms.